The number of ether oxygens (including phenoxy) is 1. The maximum Gasteiger partial charge on any atom is 0.145 e. The third-order valence-corrected chi connectivity index (χ3v) is 4.54. The zero-order valence-corrected chi connectivity index (χ0v) is 14.0. The van der Waals surface area contributed by atoms with Gasteiger partial charge in [-0.25, -0.2) is 0 Å². The fourth-order valence-corrected chi connectivity index (χ4v) is 3.06. The van der Waals surface area contributed by atoms with Gasteiger partial charge in [0.25, 0.3) is 0 Å². The Labute approximate surface area is 145 Å². The Morgan fingerprint density at radius 2 is 1.83 bits per heavy atom. The van der Waals surface area contributed by atoms with Crippen molar-refractivity contribution >= 4 is 29.3 Å². The van der Waals surface area contributed by atoms with Crippen LogP contribution in [0, 0.1) is 0 Å². The van der Waals surface area contributed by atoms with Crippen LogP contribution in [0.15, 0.2) is 36.4 Å². The Morgan fingerprint density at radius 1 is 1.04 bits per heavy atom. The molecule has 1 aromatic heterocycles. The first-order valence-electron chi connectivity index (χ1n) is 7.87. The van der Waals surface area contributed by atoms with E-state index in [-0.39, 0.29) is 5.75 Å². The van der Waals surface area contributed by atoms with Crippen molar-refractivity contribution in [1.29, 1.82) is 0 Å². The van der Waals surface area contributed by atoms with Gasteiger partial charge in [-0.3, -0.25) is 0 Å². The molecule has 6 nitrogen and oxygen atoms in total. The highest BCUT2D eigenvalue weighted by atomic mass is 32.1. The molecule has 4 rings (SSSR count). The minimum atomic E-state index is 0.161. The fourth-order valence-electron chi connectivity index (χ4n) is 2.87. The van der Waals surface area contributed by atoms with Crippen molar-refractivity contribution < 1.29 is 9.84 Å². The van der Waals surface area contributed by atoms with Crippen molar-refractivity contribution in [3.05, 3.63) is 42.0 Å². The van der Waals surface area contributed by atoms with Crippen molar-refractivity contribution in [1.82, 2.24) is 15.0 Å². The average Bonchev–Trinajstić information content (AvgIpc) is 3.05. The quantitative estimate of drug-likeness (QED) is 0.716. The molecule has 2 heterocycles. The first-order chi connectivity index (χ1) is 11.7. The van der Waals surface area contributed by atoms with Gasteiger partial charge in [0, 0.05) is 30.6 Å². The molecule has 124 valence electrons. The van der Waals surface area contributed by atoms with E-state index in [1.807, 2.05) is 30.3 Å². The highest BCUT2D eigenvalue weighted by molar-refractivity contribution is 7.79. The van der Waals surface area contributed by atoms with Crippen LogP contribution in [0.3, 0.4) is 0 Å². The van der Waals surface area contributed by atoms with E-state index < -0.39 is 0 Å². The van der Waals surface area contributed by atoms with Gasteiger partial charge in [-0.1, -0.05) is 6.07 Å². The van der Waals surface area contributed by atoms with Gasteiger partial charge in [0.2, 0.25) is 0 Å². The number of hydrogen-bond acceptors (Lipinski definition) is 6. The Kier molecular flexibility index (Phi) is 4.03. The van der Waals surface area contributed by atoms with Gasteiger partial charge < -0.3 is 14.7 Å². The lowest BCUT2D eigenvalue weighted by Gasteiger charge is -2.29. The third kappa shape index (κ3) is 2.81. The average molecular weight is 342 g/mol. The summed E-state index contributed by atoms with van der Waals surface area (Å²) in [5.74, 6) is 0.816. The lowest BCUT2D eigenvalue weighted by molar-refractivity contribution is 0.122. The molecule has 0 spiro atoms. The van der Waals surface area contributed by atoms with Crippen LogP contribution in [0.2, 0.25) is 0 Å². The van der Waals surface area contributed by atoms with Crippen molar-refractivity contribution in [2.75, 3.05) is 31.2 Å². The highest BCUT2D eigenvalue weighted by Crippen LogP contribution is 2.28. The molecular weight excluding hydrogens is 324 g/mol. The van der Waals surface area contributed by atoms with Crippen LogP contribution < -0.4 is 4.90 Å². The molecule has 1 aliphatic rings. The van der Waals surface area contributed by atoms with Gasteiger partial charge in [-0.2, -0.15) is 12.6 Å². The van der Waals surface area contributed by atoms with Gasteiger partial charge in [0.1, 0.15) is 22.5 Å². The largest absolute Gasteiger partial charge is 0.506 e. The number of phenols is 1. The van der Waals surface area contributed by atoms with Crippen molar-refractivity contribution in [2.45, 2.75) is 5.75 Å². The van der Waals surface area contributed by atoms with E-state index in [4.69, 9.17) is 4.74 Å². The number of anilines is 1. The number of phenolic OH excluding ortho intramolecular Hbond substituents is 1. The summed E-state index contributed by atoms with van der Waals surface area (Å²) in [5, 5.41) is 19.4. The molecule has 0 saturated carbocycles. The second-order valence-corrected chi connectivity index (χ2v) is 6.06. The van der Waals surface area contributed by atoms with E-state index in [0.717, 1.165) is 35.4 Å². The predicted octanol–water partition coefficient (Wildman–Crippen LogP) is 2.39. The lowest BCUT2D eigenvalue weighted by atomic mass is 10.2. The van der Waals surface area contributed by atoms with E-state index in [9.17, 15) is 5.11 Å². The summed E-state index contributed by atoms with van der Waals surface area (Å²) in [5.41, 5.74) is 4.21. The van der Waals surface area contributed by atoms with Gasteiger partial charge in [0.15, 0.2) is 0 Å². The molecule has 0 radical (unpaired) electrons. The maximum atomic E-state index is 10.4. The number of hydrogen-bond donors (Lipinski definition) is 2. The van der Waals surface area contributed by atoms with Gasteiger partial charge in [0.05, 0.1) is 13.2 Å². The number of aromatic nitrogens is 3. The number of benzene rings is 2. The molecular formula is C17H18N4O2S. The number of rotatable bonds is 3. The fraction of sp³-hybridized carbons (Fsp3) is 0.294. The van der Waals surface area contributed by atoms with Crippen LogP contribution in [-0.4, -0.2) is 46.4 Å². The number of aromatic hydroxyl groups is 1. The second-order valence-electron chi connectivity index (χ2n) is 5.74. The monoisotopic (exact) mass is 342 g/mol. The minimum absolute atomic E-state index is 0.161. The summed E-state index contributed by atoms with van der Waals surface area (Å²) in [6.07, 6.45) is 0. The van der Waals surface area contributed by atoms with Crippen LogP contribution in [0.4, 0.5) is 5.69 Å². The number of nitrogens with zero attached hydrogens (tertiary/aromatic N) is 4. The summed E-state index contributed by atoms with van der Waals surface area (Å²) in [6, 6.07) is 11.4. The zero-order valence-electron chi connectivity index (χ0n) is 13.1. The summed E-state index contributed by atoms with van der Waals surface area (Å²) < 4.78 is 5.36. The molecule has 0 aliphatic carbocycles. The minimum Gasteiger partial charge on any atom is -0.506 e. The molecule has 0 unspecified atom stereocenters. The molecule has 3 aromatic rings. The highest BCUT2D eigenvalue weighted by Gasteiger charge is 2.15. The number of morpholine rings is 1. The van der Waals surface area contributed by atoms with E-state index in [1.54, 1.807) is 6.07 Å². The van der Waals surface area contributed by atoms with Gasteiger partial charge >= 0.3 is 0 Å². The van der Waals surface area contributed by atoms with E-state index in [0.29, 0.717) is 24.7 Å². The molecule has 1 aliphatic heterocycles. The molecule has 1 saturated heterocycles. The number of fused-ring (bicyclic) bond motifs is 1. The van der Waals surface area contributed by atoms with Crippen molar-refractivity contribution in [2.24, 2.45) is 0 Å². The molecule has 0 atom stereocenters. The van der Waals surface area contributed by atoms with E-state index >= 15 is 0 Å². The summed E-state index contributed by atoms with van der Waals surface area (Å²) in [6.45, 7) is 3.08. The Morgan fingerprint density at radius 3 is 2.58 bits per heavy atom. The van der Waals surface area contributed by atoms with Crippen molar-refractivity contribution in [3.63, 3.8) is 0 Å². The van der Waals surface area contributed by atoms with Crippen molar-refractivity contribution in [3.8, 4) is 11.4 Å². The normalized spacial score (nSPS) is 15.1. The zero-order chi connectivity index (χ0) is 16.5. The van der Waals surface area contributed by atoms with E-state index in [2.05, 4.69) is 27.7 Å². The third-order valence-electron chi connectivity index (χ3n) is 4.18. The first-order valence-corrected chi connectivity index (χ1v) is 8.51. The maximum absolute atomic E-state index is 10.4. The Hall–Kier alpha value is -2.25. The van der Waals surface area contributed by atoms with E-state index in [1.165, 1.54) is 4.80 Å². The summed E-state index contributed by atoms with van der Waals surface area (Å²) >= 11 is 4.28. The molecule has 2 aromatic carbocycles. The van der Waals surface area contributed by atoms with Gasteiger partial charge in [-0.15, -0.1) is 15.0 Å². The molecule has 1 fully saturated rings. The van der Waals surface area contributed by atoms with Crippen LogP contribution in [0.25, 0.3) is 16.7 Å². The Bertz CT molecular complexity index is 874. The lowest BCUT2D eigenvalue weighted by Crippen LogP contribution is -2.36. The number of thiol groups is 1. The smallest absolute Gasteiger partial charge is 0.145 e. The summed E-state index contributed by atoms with van der Waals surface area (Å²) in [7, 11) is 0. The van der Waals surface area contributed by atoms with Crippen LogP contribution >= 0.6 is 12.6 Å². The molecule has 1 N–H and O–H groups in total. The molecule has 0 bridgehead atoms. The van der Waals surface area contributed by atoms with Crippen LogP contribution in [0.1, 0.15) is 5.56 Å². The second kappa shape index (κ2) is 6.33. The SMILES string of the molecule is Oc1cc(N2CCOCC2)ccc1-n1nc2ccc(CS)cc2n1. The van der Waals surface area contributed by atoms with Crippen LogP contribution in [-0.2, 0) is 10.5 Å². The predicted molar refractivity (Wildman–Crippen MR) is 96.3 cm³/mol. The Balaban J connectivity index is 1.68. The molecule has 0 amide bonds. The molecule has 24 heavy (non-hydrogen) atoms. The summed E-state index contributed by atoms with van der Waals surface area (Å²) in [4.78, 5) is 3.67. The molecule has 7 heteroatoms. The van der Waals surface area contributed by atoms with Crippen LogP contribution in [0.5, 0.6) is 5.75 Å². The topological polar surface area (TPSA) is 63.4 Å². The standard InChI is InChI=1S/C17H18N4O2S/c22-17-10-13(20-5-7-23-8-6-20)2-4-16(17)21-18-14-3-1-12(11-24)9-15(14)19-21/h1-4,9-10,22,24H,5-8,11H2. The first kappa shape index (κ1) is 15.3. The van der Waals surface area contributed by atoms with Gasteiger partial charge in [-0.05, 0) is 29.8 Å².